The van der Waals surface area contributed by atoms with Crippen molar-refractivity contribution < 1.29 is 29.7 Å². The van der Waals surface area contributed by atoms with Gasteiger partial charge in [0.1, 0.15) is 0 Å². The van der Waals surface area contributed by atoms with E-state index >= 15 is 0 Å². The summed E-state index contributed by atoms with van der Waals surface area (Å²) in [5.74, 6) is 0. The van der Waals surface area contributed by atoms with E-state index in [4.69, 9.17) is 10.2 Å². The van der Waals surface area contributed by atoms with Gasteiger partial charge in [0, 0.05) is 13.1 Å². The molecule has 0 saturated carbocycles. The van der Waals surface area contributed by atoms with Gasteiger partial charge in [-0.3, -0.25) is 9.46 Å². The first-order chi connectivity index (χ1) is 8.28. The van der Waals surface area contributed by atoms with E-state index in [0.717, 1.165) is 0 Å². The summed E-state index contributed by atoms with van der Waals surface area (Å²) in [5, 5.41) is 26.0. The molecular formula is C10H24NO6P. The minimum absolute atomic E-state index is 0.108. The predicted molar refractivity (Wildman–Crippen MR) is 67.1 cm³/mol. The van der Waals surface area contributed by atoms with Gasteiger partial charge in [-0.25, -0.2) is 0 Å². The molecule has 0 aromatic heterocycles. The van der Waals surface area contributed by atoms with Gasteiger partial charge in [0.05, 0.1) is 19.3 Å². The van der Waals surface area contributed by atoms with Crippen LogP contribution in [0.1, 0.15) is 26.7 Å². The van der Waals surface area contributed by atoms with Gasteiger partial charge in [0.15, 0.2) is 5.34 Å². The topological polar surface area (TPSA) is 121 Å². The van der Waals surface area contributed by atoms with Gasteiger partial charge in [-0.1, -0.05) is 13.8 Å². The number of rotatable bonds is 9. The second kappa shape index (κ2) is 7.55. The Kier molecular flexibility index (Phi) is 7.54. The Balaban J connectivity index is 5.28. The summed E-state index contributed by atoms with van der Waals surface area (Å²) >= 11 is 0. The Labute approximate surface area is 107 Å². The molecular weight excluding hydrogens is 261 g/mol. The van der Waals surface area contributed by atoms with Crippen LogP contribution in [0.3, 0.4) is 0 Å². The molecule has 18 heavy (non-hydrogen) atoms. The molecule has 8 heteroatoms. The summed E-state index contributed by atoms with van der Waals surface area (Å²) in [6.07, 6.45) is 0.193. The lowest BCUT2D eigenvalue weighted by Gasteiger charge is -2.41. The van der Waals surface area contributed by atoms with Crippen molar-refractivity contribution in [3.05, 3.63) is 0 Å². The largest absolute Gasteiger partial charge is 0.395 e. The minimum Gasteiger partial charge on any atom is -0.395 e. The zero-order chi connectivity index (χ0) is 14.4. The van der Waals surface area contributed by atoms with Gasteiger partial charge in [-0.05, 0) is 12.8 Å². The molecule has 0 aliphatic carbocycles. The highest BCUT2D eigenvalue weighted by atomic mass is 31.2. The highest BCUT2D eigenvalue weighted by molar-refractivity contribution is 7.53. The summed E-state index contributed by atoms with van der Waals surface area (Å²) in [6.45, 7) is 3.05. The molecule has 0 aromatic rings. The molecule has 110 valence electrons. The second-order valence-corrected chi connectivity index (χ2v) is 6.05. The van der Waals surface area contributed by atoms with Gasteiger partial charge in [-0.15, -0.1) is 0 Å². The molecule has 0 bridgehead atoms. The number of hydrogen-bond donors (Lipinski definition) is 5. The van der Waals surface area contributed by atoms with E-state index in [1.54, 1.807) is 6.92 Å². The van der Waals surface area contributed by atoms with Gasteiger partial charge in [0.25, 0.3) is 0 Å². The summed E-state index contributed by atoms with van der Waals surface area (Å²) < 4.78 is 11.5. The van der Waals surface area contributed by atoms with Gasteiger partial charge >= 0.3 is 7.60 Å². The first kappa shape index (κ1) is 18.0. The first-order valence-corrected chi connectivity index (χ1v) is 7.63. The predicted octanol–water partition coefficient (Wildman–Crippen LogP) is -0.672. The molecule has 0 amide bonds. The maximum absolute atomic E-state index is 11.5. The minimum atomic E-state index is -4.71. The van der Waals surface area contributed by atoms with Crippen LogP contribution in [0.2, 0.25) is 0 Å². The third kappa shape index (κ3) is 3.99. The molecule has 0 aromatic carbocycles. The lowest BCUT2D eigenvalue weighted by atomic mass is 10.0. The standard InChI is InChI=1S/C10H24NO6P/c1-3-9(11(5-7-12)6-8-13)10(14,4-2)18(15,16)17/h9,12-14H,3-8H2,1-2H3,(H2,15,16,17). The van der Waals surface area contributed by atoms with Gasteiger partial charge in [0.2, 0.25) is 0 Å². The van der Waals surface area contributed by atoms with E-state index in [1.807, 2.05) is 0 Å². The van der Waals surface area contributed by atoms with Crippen molar-refractivity contribution in [3.63, 3.8) is 0 Å². The number of nitrogens with zero attached hydrogens (tertiary/aromatic N) is 1. The van der Waals surface area contributed by atoms with Gasteiger partial charge < -0.3 is 25.1 Å². The Hall–Kier alpha value is -0.0100. The van der Waals surface area contributed by atoms with Crippen LogP contribution in [-0.2, 0) is 4.57 Å². The lowest BCUT2D eigenvalue weighted by Crippen LogP contribution is -2.53. The quantitative estimate of drug-likeness (QED) is 0.356. The molecule has 0 aliphatic rings. The SMILES string of the molecule is CCC(N(CCO)CCO)C(O)(CC)P(=O)(O)O. The van der Waals surface area contributed by atoms with Crippen LogP contribution >= 0.6 is 7.60 Å². The fourth-order valence-corrected chi connectivity index (χ4v) is 3.34. The fourth-order valence-electron chi connectivity index (χ4n) is 2.19. The molecule has 0 radical (unpaired) electrons. The molecule has 2 unspecified atom stereocenters. The van der Waals surface area contributed by atoms with Crippen LogP contribution in [0.5, 0.6) is 0 Å². The highest BCUT2D eigenvalue weighted by Gasteiger charge is 2.51. The van der Waals surface area contributed by atoms with E-state index in [1.165, 1.54) is 11.8 Å². The van der Waals surface area contributed by atoms with Crippen LogP contribution in [0, 0.1) is 0 Å². The zero-order valence-electron chi connectivity index (χ0n) is 10.9. The third-order valence-electron chi connectivity index (χ3n) is 3.16. The number of aliphatic hydroxyl groups excluding tert-OH is 2. The van der Waals surface area contributed by atoms with Gasteiger partial charge in [-0.2, -0.15) is 0 Å². The smallest absolute Gasteiger partial charge is 0.358 e. The summed E-state index contributed by atoms with van der Waals surface area (Å²) in [6, 6.07) is -0.817. The molecule has 0 heterocycles. The lowest BCUT2D eigenvalue weighted by molar-refractivity contribution is -0.0182. The maximum atomic E-state index is 11.5. The fraction of sp³-hybridized carbons (Fsp3) is 1.00. The van der Waals surface area contributed by atoms with Crippen molar-refractivity contribution in [1.29, 1.82) is 0 Å². The van der Waals surface area contributed by atoms with E-state index in [9.17, 15) is 19.5 Å². The van der Waals surface area contributed by atoms with Crippen LogP contribution in [0.15, 0.2) is 0 Å². The van der Waals surface area contributed by atoms with Crippen molar-refractivity contribution in [2.24, 2.45) is 0 Å². The van der Waals surface area contributed by atoms with Crippen molar-refractivity contribution >= 4 is 7.60 Å². The van der Waals surface area contributed by atoms with Crippen LogP contribution in [-0.4, -0.2) is 67.7 Å². The molecule has 0 aliphatic heterocycles. The summed E-state index contributed by atoms with van der Waals surface area (Å²) in [4.78, 5) is 20.2. The van der Waals surface area contributed by atoms with Crippen LogP contribution in [0.25, 0.3) is 0 Å². The second-order valence-electron chi connectivity index (χ2n) is 4.18. The third-order valence-corrected chi connectivity index (χ3v) is 4.78. The monoisotopic (exact) mass is 285 g/mol. The van der Waals surface area contributed by atoms with Crippen molar-refractivity contribution in [1.82, 2.24) is 4.90 Å². The maximum Gasteiger partial charge on any atom is 0.358 e. The van der Waals surface area contributed by atoms with Crippen LogP contribution < -0.4 is 0 Å². The average molecular weight is 285 g/mol. The Morgan fingerprint density at radius 2 is 1.61 bits per heavy atom. The first-order valence-electron chi connectivity index (χ1n) is 6.02. The Bertz CT molecular complexity index is 278. The number of aliphatic hydroxyl groups is 3. The van der Waals surface area contributed by atoms with E-state index in [2.05, 4.69) is 0 Å². The van der Waals surface area contributed by atoms with E-state index in [0.29, 0.717) is 6.42 Å². The molecule has 0 fully saturated rings. The van der Waals surface area contributed by atoms with Crippen molar-refractivity contribution in [2.75, 3.05) is 26.3 Å². The number of hydrogen-bond acceptors (Lipinski definition) is 5. The van der Waals surface area contributed by atoms with E-state index in [-0.39, 0.29) is 32.7 Å². The Morgan fingerprint density at radius 1 is 1.17 bits per heavy atom. The van der Waals surface area contributed by atoms with Crippen molar-refractivity contribution in [2.45, 2.75) is 38.1 Å². The molecule has 7 nitrogen and oxygen atoms in total. The molecule has 2 atom stereocenters. The molecule has 0 saturated heterocycles. The van der Waals surface area contributed by atoms with Crippen LogP contribution in [0.4, 0.5) is 0 Å². The van der Waals surface area contributed by atoms with E-state index < -0.39 is 19.0 Å². The Morgan fingerprint density at radius 3 is 1.83 bits per heavy atom. The average Bonchev–Trinajstić information content (AvgIpc) is 2.28. The normalized spacial score (nSPS) is 17.8. The molecule has 0 spiro atoms. The van der Waals surface area contributed by atoms with Crippen molar-refractivity contribution in [3.8, 4) is 0 Å². The highest BCUT2D eigenvalue weighted by Crippen LogP contribution is 2.54. The zero-order valence-corrected chi connectivity index (χ0v) is 11.8. The molecule has 0 rings (SSSR count). The summed E-state index contributed by atoms with van der Waals surface area (Å²) in [5.41, 5.74) is 0. The molecule has 5 N–H and O–H groups in total. The summed E-state index contributed by atoms with van der Waals surface area (Å²) in [7, 11) is -4.71.